The van der Waals surface area contributed by atoms with Gasteiger partial charge in [0.25, 0.3) is 0 Å². The van der Waals surface area contributed by atoms with Crippen molar-refractivity contribution in [3.05, 3.63) is 63.4 Å². The van der Waals surface area contributed by atoms with Gasteiger partial charge in [0.15, 0.2) is 5.82 Å². The first-order chi connectivity index (χ1) is 22.7. The quantitative estimate of drug-likeness (QED) is 0.134. The maximum absolute atomic E-state index is 11.6. The fourth-order valence-corrected chi connectivity index (χ4v) is 6.22. The molecule has 8 bridgehead atoms. The summed E-state index contributed by atoms with van der Waals surface area (Å²) in [6.45, 7) is 7.45. The molecule has 0 fully saturated rings. The molecule has 13 nitrogen and oxygen atoms in total. The van der Waals surface area contributed by atoms with Crippen molar-refractivity contribution < 1.29 is 39.6 Å². The van der Waals surface area contributed by atoms with Gasteiger partial charge in [0, 0.05) is 53.4 Å². The third-order valence-electron chi connectivity index (χ3n) is 8.98. The van der Waals surface area contributed by atoms with Crippen LogP contribution in [0.1, 0.15) is 97.5 Å². The van der Waals surface area contributed by atoms with Crippen LogP contribution in [0.25, 0.3) is 44.5 Å². The van der Waals surface area contributed by atoms with Gasteiger partial charge in [0.05, 0.1) is 17.1 Å². The van der Waals surface area contributed by atoms with E-state index in [4.69, 9.17) is 15.0 Å². The van der Waals surface area contributed by atoms with Gasteiger partial charge < -0.3 is 30.4 Å². The van der Waals surface area contributed by atoms with E-state index >= 15 is 0 Å². The third kappa shape index (κ3) is 7.04. The molecule has 0 aliphatic carbocycles. The molecule has 0 atom stereocenters. The zero-order valence-electron chi connectivity index (χ0n) is 27.2. The van der Waals surface area contributed by atoms with Crippen molar-refractivity contribution in [2.24, 2.45) is 0 Å². The Hall–Kier alpha value is -5.59. The number of nitrogens with one attached hydrogen (secondary N) is 2. The molecule has 0 saturated heterocycles. The van der Waals surface area contributed by atoms with E-state index in [-0.39, 0.29) is 51.4 Å². The topological polar surface area (TPSA) is 219 Å². The molecule has 0 unspecified atom stereocenters. The normalized spacial score (nSPS) is 12.9. The van der Waals surface area contributed by atoms with Gasteiger partial charge in [-0.15, -0.1) is 0 Å². The Balaban J connectivity index is 1.91. The van der Waals surface area contributed by atoms with Crippen LogP contribution in [-0.2, 0) is 32.0 Å². The van der Waals surface area contributed by atoms with E-state index in [1.807, 2.05) is 45.9 Å². The average molecular weight is 656 g/mol. The Morgan fingerprint density at radius 2 is 1.00 bits per heavy atom. The number of aliphatic carboxylic acids is 4. The van der Waals surface area contributed by atoms with Crippen molar-refractivity contribution in [3.8, 4) is 0 Å². The first-order valence-electron chi connectivity index (χ1n) is 15.6. The minimum Gasteiger partial charge on any atom is -0.481 e. The molecule has 48 heavy (non-hydrogen) atoms. The number of aryl methyl sites for hydroxylation is 4. The number of carbonyl (C=O) groups is 4. The van der Waals surface area contributed by atoms with Crippen LogP contribution in [0.4, 0.5) is 0 Å². The van der Waals surface area contributed by atoms with Gasteiger partial charge in [-0.05, 0) is 105 Å². The van der Waals surface area contributed by atoms with Crippen molar-refractivity contribution in [1.82, 2.24) is 24.9 Å². The lowest BCUT2D eigenvalue weighted by atomic mass is 10.00. The summed E-state index contributed by atoms with van der Waals surface area (Å²) in [7, 11) is 0. The second kappa shape index (κ2) is 13.6. The van der Waals surface area contributed by atoms with Crippen LogP contribution < -0.4 is 0 Å². The summed E-state index contributed by atoms with van der Waals surface area (Å²) in [6.07, 6.45) is 0.333. The first kappa shape index (κ1) is 33.8. The molecule has 5 heterocycles. The predicted octanol–water partition coefficient (Wildman–Crippen LogP) is 5.95. The minimum absolute atomic E-state index is 0.105. The molecule has 0 saturated carbocycles. The molecule has 13 heteroatoms. The smallest absolute Gasteiger partial charge is 0.303 e. The fourth-order valence-electron chi connectivity index (χ4n) is 6.22. The largest absolute Gasteiger partial charge is 0.481 e. The van der Waals surface area contributed by atoms with Crippen LogP contribution in [-0.4, -0.2) is 69.2 Å². The van der Waals surface area contributed by atoms with Crippen LogP contribution in [0.5, 0.6) is 0 Å². The highest BCUT2D eigenvalue weighted by atomic mass is 16.4. The number of H-pyrrole nitrogens is 2. The standard InChI is InChI=1S/C35H37N5O8/c1-16-20(5-9-30(41)42)28-15-29-21(6-10-31(43)44)17(2)25(37-29)14-27-19(4)23(8-12-33(47)48)35(39-27)40-34-22(7-11-32(45)46)18(3)26(38-34)13-24(16)36-28/h13-15,36H,5-12H2,1-4H3,(H,41,42)(H,43,44)(H,45,46)(H,47,48)(H,38,39,40). The Kier molecular flexibility index (Phi) is 9.59. The van der Waals surface area contributed by atoms with E-state index in [2.05, 4.69) is 9.97 Å². The Morgan fingerprint density at radius 3 is 1.60 bits per heavy atom. The molecule has 3 aromatic rings. The Bertz CT molecular complexity index is 1950. The summed E-state index contributed by atoms with van der Waals surface area (Å²) in [5.74, 6) is -3.51. The monoisotopic (exact) mass is 655 g/mol. The molecule has 250 valence electrons. The number of aromatic nitrogens is 5. The molecule has 0 amide bonds. The summed E-state index contributed by atoms with van der Waals surface area (Å²) >= 11 is 0. The summed E-state index contributed by atoms with van der Waals surface area (Å²) in [5.41, 5.74) is 9.99. The van der Waals surface area contributed by atoms with Crippen LogP contribution in [0, 0.1) is 13.8 Å². The number of carboxylic acids is 4. The van der Waals surface area contributed by atoms with Gasteiger partial charge in [-0.3, -0.25) is 19.2 Å². The summed E-state index contributed by atoms with van der Waals surface area (Å²) < 4.78 is 0. The molecule has 0 spiro atoms. The van der Waals surface area contributed by atoms with Crippen molar-refractivity contribution in [1.29, 1.82) is 0 Å². The zero-order chi connectivity index (χ0) is 34.9. The van der Waals surface area contributed by atoms with Crippen molar-refractivity contribution >= 4 is 68.4 Å². The third-order valence-corrected chi connectivity index (χ3v) is 8.98. The Morgan fingerprint density at radius 1 is 0.542 bits per heavy atom. The van der Waals surface area contributed by atoms with Crippen LogP contribution in [0.15, 0.2) is 18.2 Å². The van der Waals surface area contributed by atoms with Gasteiger partial charge >= 0.3 is 23.9 Å². The van der Waals surface area contributed by atoms with Gasteiger partial charge in [0.2, 0.25) is 0 Å². The van der Waals surface area contributed by atoms with Crippen LogP contribution in [0.2, 0.25) is 0 Å². The van der Waals surface area contributed by atoms with Crippen molar-refractivity contribution in [2.45, 2.75) is 79.1 Å². The van der Waals surface area contributed by atoms with Crippen molar-refractivity contribution in [3.63, 3.8) is 0 Å². The Labute approximate surface area is 275 Å². The second-order valence-electron chi connectivity index (χ2n) is 12.1. The predicted molar refractivity (Wildman–Crippen MR) is 179 cm³/mol. The summed E-state index contributed by atoms with van der Waals surface area (Å²) in [4.78, 5) is 67.7. The maximum atomic E-state index is 11.6. The van der Waals surface area contributed by atoms with Crippen molar-refractivity contribution in [2.75, 3.05) is 0 Å². The van der Waals surface area contributed by atoms with E-state index in [1.54, 1.807) is 0 Å². The molecular formula is C35H37N5O8. The number of hydrogen-bond acceptors (Lipinski definition) is 7. The minimum atomic E-state index is -0.969. The lowest BCUT2D eigenvalue weighted by Gasteiger charge is -2.03. The highest BCUT2D eigenvalue weighted by Crippen LogP contribution is 2.36. The number of nitrogens with zero attached hydrogens (tertiary/aromatic N) is 3. The molecule has 0 aromatic carbocycles. The van der Waals surface area contributed by atoms with Gasteiger partial charge in [-0.2, -0.15) is 0 Å². The molecule has 0 radical (unpaired) electrons. The highest BCUT2D eigenvalue weighted by molar-refractivity contribution is 5.95. The number of aromatic amines is 2. The number of hydrogen-bond donors (Lipinski definition) is 6. The van der Waals surface area contributed by atoms with Crippen LogP contribution >= 0.6 is 0 Å². The van der Waals surface area contributed by atoms with E-state index < -0.39 is 23.9 Å². The maximum Gasteiger partial charge on any atom is 0.303 e. The second-order valence-corrected chi connectivity index (χ2v) is 12.1. The number of rotatable bonds is 12. The molecular weight excluding hydrogens is 618 g/mol. The molecule has 5 rings (SSSR count). The summed E-state index contributed by atoms with van der Waals surface area (Å²) in [5, 5.41) is 37.9. The molecule has 3 aromatic heterocycles. The lowest BCUT2D eigenvalue weighted by molar-refractivity contribution is -0.138. The first-order valence-corrected chi connectivity index (χ1v) is 15.6. The summed E-state index contributed by atoms with van der Waals surface area (Å²) in [6, 6.07) is 5.48. The molecule has 6 N–H and O–H groups in total. The van der Waals surface area contributed by atoms with Gasteiger partial charge in [-0.25, -0.2) is 15.0 Å². The number of allylic oxidation sites excluding steroid dienone is 4. The zero-order valence-corrected chi connectivity index (χ0v) is 27.2. The molecule has 2 aliphatic heterocycles. The van der Waals surface area contributed by atoms with E-state index in [0.717, 1.165) is 33.4 Å². The van der Waals surface area contributed by atoms with E-state index in [0.29, 0.717) is 56.2 Å². The van der Waals surface area contributed by atoms with Crippen LogP contribution in [0.3, 0.4) is 0 Å². The SMILES string of the molecule is CC1=C(CCC(=O)O)c2cc3[nH]c(cc4nc(nc5[nH]c(cc1n2)c(C)c5CCC(=O)O)C(CCC(=O)O)=C4C)c(C)c3CCC(=O)O. The number of carboxylic acid groups (broad SMARTS) is 4. The highest BCUT2D eigenvalue weighted by Gasteiger charge is 2.23. The fraction of sp³-hybridized carbons (Fsp3) is 0.343. The average Bonchev–Trinajstić information content (AvgIpc) is 3.66. The van der Waals surface area contributed by atoms with Gasteiger partial charge in [0.1, 0.15) is 5.65 Å². The lowest BCUT2D eigenvalue weighted by Crippen LogP contribution is -1.99. The van der Waals surface area contributed by atoms with Gasteiger partial charge in [-0.1, -0.05) is 0 Å². The van der Waals surface area contributed by atoms with E-state index in [9.17, 15) is 39.6 Å². The number of fused-ring (bicyclic) bond motifs is 8. The van der Waals surface area contributed by atoms with E-state index in [1.165, 1.54) is 0 Å². The molecule has 2 aliphatic rings.